The van der Waals surface area contributed by atoms with Crippen LogP contribution in [0, 0.1) is 11.8 Å². The lowest BCUT2D eigenvalue weighted by Crippen LogP contribution is -2.40. The fourth-order valence-electron chi connectivity index (χ4n) is 5.15. The van der Waals surface area contributed by atoms with Gasteiger partial charge in [0.25, 0.3) is 5.56 Å². The topological polar surface area (TPSA) is 85.4 Å². The predicted molar refractivity (Wildman–Crippen MR) is 115 cm³/mol. The molecule has 1 saturated heterocycles. The summed E-state index contributed by atoms with van der Waals surface area (Å²) in [5, 5.41) is 12.7. The van der Waals surface area contributed by atoms with Crippen LogP contribution >= 0.6 is 0 Å². The highest BCUT2D eigenvalue weighted by Gasteiger charge is 2.39. The summed E-state index contributed by atoms with van der Waals surface area (Å²) in [6.45, 7) is 4.15. The number of rotatable bonds is 5. The zero-order valence-corrected chi connectivity index (χ0v) is 17.1. The van der Waals surface area contributed by atoms with Crippen molar-refractivity contribution in [3.8, 4) is 11.3 Å². The Morgan fingerprint density at radius 2 is 2.00 bits per heavy atom. The van der Waals surface area contributed by atoms with Gasteiger partial charge in [0.15, 0.2) is 0 Å². The van der Waals surface area contributed by atoms with Gasteiger partial charge in [-0.05, 0) is 67.5 Å². The summed E-state index contributed by atoms with van der Waals surface area (Å²) in [6, 6.07) is 10.4. The number of carbonyl (C=O) groups is 1. The Kier molecular flexibility index (Phi) is 5.46. The van der Waals surface area contributed by atoms with Gasteiger partial charge in [-0.2, -0.15) is 0 Å². The van der Waals surface area contributed by atoms with E-state index >= 15 is 0 Å². The van der Waals surface area contributed by atoms with Gasteiger partial charge in [0.05, 0.1) is 5.69 Å². The standard InChI is InChI=1S/C23H29N3O3/c1-3-14-11-18(23(28)29)22(27)25-21(14)15-7-9-17(10-8-15)26-12-16-5-4-6-20(24-2)19(16)13-26/h7-11,16,19-20,24H,3-6,12-13H2,1-2H3,(H,25,27)(H,28,29)/t16-,19+,20-/m1/s1. The highest BCUT2D eigenvalue weighted by Crippen LogP contribution is 2.38. The fourth-order valence-corrected chi connectivity index (χ4v) is 5.15. The van der Waals surface area contributed by atoms with E-state index in [0.717, 1.165) is 30.1 Å². The molecule has 1 aliphatic carbocycles. The number of anilines is 1. The van der Waals surface area contributed by atoms with Crippen LogP contribution in [0.4, 0.5) is 5.69 Å². The minimum absolute atomic E-state index is 0.207. The second-order valence-electron chi connectivity index (χ2n) is 8.27. The fraction of sp³-hybridized carbons (Fsp3) is 0.478. The maximum atomic E-state index is 12.2. The van der Waals surface area contributed by atoms with Crippen molar-refractivity contribution in [2.24, 2.45) is 11.8 Å². The largest absolute Gasteiger partial charge is 0.477 e. The Hall–Kier alpha value is -2.60. The molecular formula is C23H29N3O3. The first-order valence-corrected chi connectivity index (χ1v) is 10.5. The zero-order valence-electron chi connectivity index (χ0n) is 17.1. The molecule has 3 atom stereocenters. The number of aryl methyl sites for hydroxylation is 1. The number of aromatic nitrogens is 1. The van der Waals surface area contributed by atoms with E-state index in [2.05, 4.69) is 34.4 Å². The lowest BCUT2D eigenvalue weighted by molar-refractivity contribution is 0.0695. The monoisotopic (exact) mass is 395 g/mol. The normalized spacial score (nSPS) is 23.8. The summed E-state index contributed by atoms with van der Waals surface area (Å²) >= 11 is 0. The number of nitrogens with zero attached hydrogens (tertiary/aromatic N) is 1. The van der Waals surface area contributed by atoms with Crippen LogP contribution in [0.2, 0.25) is 0 Å². The molecule has 1 saturated carbocycles. The molecule has 2 aliphatic rings. The molecule has 0 unspecified atom stereocenters. The molecule has 2 heterocycles. The summed E-state index contributed by atoms with van der Waals surface area (Å²) in [7, 11) is 2.08. The SMILES string of the molecule is CCc1cc(C(=O)O)c(=O)[nH]c1-c1ccc(N2C[C@H]3CCC[C@@H](NC)[C@H]3C2)cc1. The molecule has 0 bridgehead atoms. The van der Waals surface area contributed by atoms with Gasteiger partial charge in [-0.1, -0.05) is 25.5 Å². The van der Waals surface area contributed by atoms with Crippen LogP contribution in [0.3, 0.4) is 0 Å². The van der Waals surface area contributed by atoms with E-state index in [1.807, 2.05) is 19.1 Å². The van der Waals surface area contributed by atoms with Crippen LogP contribution in [0.1, 0.15) is 42.1 Å². The Morgan fingerprint density at radius 1 is 1.24 bits per heavy atom. The van der Waals surface area contributed by atoms with Gasteiger partial charge in [0.1, 0.15) is 5.56 Å². The van der Waals surface area contributed by atoms with Gasteiger partial charge in [-0.15, -0.1) is 0 Å². The van der Waals surface area contributed by atoms with Crippen molar-refractivity contribution >= 4 is 11.7 Å². The second kappa shape index (κ2) is 8.03. The number of aromatic carboxylic acids is 1. The highest BCUT2D eigenvalue weighted by atomic mass is 16.4. The molecule has 0 amide bonds. The van der Waals surface area contributed by atoms with E-state index in [9.17, 15) is 14.7 Å². The van der Waals surface area contributed by atoms with Crippen molar-refractivity contribution in [3.63, 3.8) is 0 Å². The number of nitrogens with one attached hydrogen (secondary N) is 2. The molecule has 1 aliphatic heterocycles. The van der Waals surface area contributed by atoms with Gasteiger partial charge < -0.3 is 20.3 Å². The van der Waals surface area contributed by atoms with Gasteiger partial charge in [0, 0.05) is 24.8 Å². The Labute approximate surface area is 171 Å². The molecule has 4 rings (SSSR count). The number of aromatic amines is 1. The van der Waals surface area contributed by atoms with Crippen LogP contribution in [-0.4, -0.2) is 42.2 Å². The number of carboxylic acids is 1. The lowest BCUT2D eigenvalue weighted by Gasteiger charge is -2.32. The minimum atomic E-state index is -1.20. The van der Waals surface area contributed by atoms with Crippen LogP contribution in [-0.2, 0) is 6.42 Å². The third kappa shape index (κ3) is 3.69. The molecule has 29 heavy (non-hydrogen) atoms. The molecule has 2 fully saturated rings. The Morgan fingerprint density at radius 3 is 2.66 bits per heavy atom. The lowest BCUT2D eigenvalue weighted by atomic mass is 9.78. The summed E-state index contributed by atoms with van der Waals surface area (Å²) in [5.41, 5.74) is 2.89. The molecule has 154 valence electrons. The van der Waals surface area contributed by atoms with Crippen LogP contribution in [0.15, 0.2) is 35.1 Å². The van der Waals surface area contributed by atoms with E-state index in [4.69, 9.17) is 0 Å². The number of benzene rings is 1. The zero-order chi connectivity index (χ0) is 20.5. The molecule has 1 aromatic carbocycles. The molecule has 6 nitrogen and oxygen atoms in total. The smallest absolute Gasteiger partial charge is 0.341 e. The first-order chi connectivity index (χ1) is 14.0. The second-order valence-corrected chi connectivity index (χ2v) is 8.27. The van der Waals surface area contributed by atoms with E-state index in [0.29, 0.717) is 24.1 Å². The van der Waals surface area contributed by atoms with E-state index in [1.54, 1.807) is 0 Å². The van der Waals surface area contributed by atoms with Crippen LogP contribution in [0.5, 0.6) is 0 Å². The molecule has 0 radical (unpaired) electrons. The average Bonchev–Trinajstić information content (AvgIpc) is 3.18. The molecule has 3 N–H and O–H groups in total. The maximum Gasteiger partial charge on any atom is 0.341 e. The summed E-state index contributed by atoms with van der Waals surface area (Å²) in [5.74, 6) is 0.269. The van der Waals surface area contributed by atoms with Gasteiger partial charge in [-0.25, -0.2) is 4.79 Å². The van der Waals surface area contributed by atoms with Crippen molar-refractivity contribution in [3.05, 3.63) is 51.8 Å². The Balaban J connectivity index is 1.58. The van der Waals surface area contributed by atoms with Crippen molar-refractivity contribution in [2.75, 3.05) is 25.0 Å². The number of carboxylic acid groups (broad SMARTS) is 1. The third-order valence-electron chi connectivity index (χ3n) is 6.72. The highest BCUT2D eigenvalue weighted by molar-refractivity contribution is 5.88. The van der Waals surface area contributed by atoms with E-state index in [-0.39, 0.29) is 5.56 Å². The first kappa shape index (κ1) is 19.7. The maximum absolute atomic E-state index is 12.2. The number of fused-ring (bicyclic) bond motifs is 1. The summed E-state index contributed by atoms with van der Waals surface area (Å²) in [4.78, 5) is 28.7. The van der Waals surface area contributed by atoms with Crippen molar-refractivity contribution < 1.29 is 9.90 Å². The number of pyridine rings is 1. The van der Waals surface area contributed by atoms with Crippen molar-refractivity contribution in [1.29, 1.82) is 0 Å². The molecule has 6 heteroatoms. The number of hydrogen-bond donors (Lipinski definition) is 3. The van der Waals surface area contributed by atoms with Crippen LogP contribution < -0.4 is 15.8 Å². The van der Waals surface area contributed by atoms with Gasteiger partial charge in [0.2, 0.25) is 0 Å². The van der Waals surface area contributed by atoms with Crippen LogP contribution in [0.25, 0.3) is 11.3 Å². The predicted octanol–water partition coefficient (Wildman–Crippen LogP) is 3.13. The first-order valence-electron chi connectivity index (χ1n) is 10.5. The van der Waals surface area contributed by atoms with Crippen molar-refractivity contribution in [1.82, 2.24) is 10.3 Å². The number of H-pyrrole nitrogens is 1. The van der Waals surface area contributed by atoms with E-state index < -0.39 is 11.5 Å². The Bertz CT molecular complexity index is 951. The molecule has 2 aromatic rings. The number of hydrogen-bond acceptors (Lipinski definition) is 4. The minimum Gasteiger partial charge on any atom is -0.477 e. The third-order valence-corrected chi connectivity index (χ3v) is 6.72. The molecule has 0 spiro atoms. The van der Waals surface area contributed by atoms with Gasteiger partial charge in [-0.3, -0.25) is 4.79 Å². The summed E-state index contributed by atoms with van der Waals surface area (Å²) < 4.78 is 0. The molecular weight excluding hydrogens is 366 g/mol. The average molecular weight is 396 g/mol. The van der Waals surface area contributed by atoms with Gasteiger partial charge >= 0.3 is 5.97 Å². The molecule has 1 aromatic heterocycles. The quantitative estimate of drug-likeness (QED) is 0.724. The van der Waals surface area contributed by atoms with E-state index in [1.165, 1.54) is 31.0 Å². The van der Waals surface area contributed by atoms with Crippen molar-refractivity contribution in [2.45, 2.75) is 38.6 Å². The summed E-state index contributed by atoms with van der Waals surface area (Å²) in [6.07, 6.45) is 4.53.